The fourth-order valence-corrected chi connectivity index (χ4v) is 3.74. The molecular formula is C24H53N2O+. The second-order valence-corrected chi connectivity index (χ2v) is 9.70. The van der Waals surface area contributed by atoms with Crippen molar-refractivity contribution in [2.24, 2.45) is 0 Å². The molecule has 2 atom stereocenters. The van der Waals surface area contributed by atoms with Crippen LogP contribution in [-0.4, -0.2) is 56.0 Å². The van der Waals surface area contributed by atoms with Gasteiger partial charge in [-0.1, -0.05) is 90.4 Å². The molecule has 0 spiro atoms. The Balaban J connectivity index is 3.46. The summed E-state index contributed by atoms with van der Waals surface area (Å²) in [5.74, 6) is 0. The summed E-state index contributed by atoms with van der Waals surface area (Å²) >= 11 is 0. The molecule has 0 aliphatic rings. The van der Waals surface area contributed by atoms with Crippen LogP contribution in [0.1, 0.15) is 110 Å². The van der Waals surface area contributed by atoms with Crippen molar-refractivity contribution in [3.63, 3.8) is 0 Å². The van der Waals surface area contributed by atoms with Crippen molar-refractivity contribution in [1.29, 1.82) is 0 Å². The molecule has 0 saturated heterocycles. The average molecular weight is 386 g/mol. The van der Waals surface area contributed by atoms with E-state index in [2.05, 4.69) is 33.4 Å². The maximum atomic E-state index is 10.00. The van der Waals surface area contributed by atoms with Gasteiger partial charge in [-0.15, -0.1) is 0 Å². The molecule has 0 aromatic carbocycles. The predicted octanol–water partition coefficient (Wildman–Crippen LogP) is 5.90. The number of aliphatic hydroxyl groups is 1. The molecule has 2 N–H and O–H groups in total. The van der Waals surface area contributed by atoms with Gasteiger partial charge in [0.2, 0.25) is 0 Å². The van der Waals surface area contributed by atoms with Crippen LogP contribution in [0.25, 0.3) is 0 Å². The largest absolute Gasteiger partial charge is 0.392 e. The molecule has 164 valence electrons. The maximum absolute atomic E-state index is 10.00. The highest BCUT2D eigenvalue weighted by molar-refractivity contribution is 4.72. The van der Waals surface area contributed by atoms with Crippen LogP contribution in [0.3, 0.4) is 0 Å². The third kappa shape index (κ3) is 20.4. The van der Waals surface area contributed by atoms with Crippen molar-refractivity contribution in [3.8, 4) is 0 Å². The molecule has 27 heavy (non-hydrogen) atoms. The van der Waals surface area contributed by atoms with Gasteiger partial charge in [0.15, 0.2) is 0 Å². The van der Waals surface area contributed by atoms with E-state index in [1.54, 1.807) is 0 Å². The van der Waals surface area contributed by atoms with E-state index in [4.69, 9.17) is 0 Å². The lowest BCUT2D eigenvalue weighted by atomic mass is 10.0. The first-order chi connectivity index (χ1) is 12.9. The normalized spacial score (nSPS) is 14.4. The lowest BCUT2D eigenvalue weighted by molar-refractivity contribution is -0.870. The van der Waals surface area contributed by atoms with E-state index in [-0.39, 0.29) is 12.1 Å². The van der Waals surface area contributed by atoms with E-state index in [1.165, 1.54) is 96.4 Å². The molecule has 0 aliphatic heterocycles. The van der Waals surface area contributed by atoms with E-state index in [9.17, 15) is 5.11 Å². The van der Waals surface area contributed by atoms with Crippen LogP contribution in [0, 0.1) is 0 Å². The number of unbranched alkanes of at least 4 members (excludes halogenated alkanes) is 12. The predicted molar refractivity (Wildman–Crippen MR) is 121 cm³/mol. The number of quaternary nitrogens is 1. The third-order valence-corrected chi connectivity index (χ3v) is 5.61. The number of rotatable bonds is 20. The van der Waals surface area contributed by atoms with Gasteiger partial charge in [-0.25, -0.2) is 0 Å². The molecule has 0 amide bonds. The highest BCUT2D eigenvalue weighted by Crippen LogP contribution is 2.14. The van der Waals surface area contributed by atoms with E-state index in [0.29, 0.717) is 0 Å². The van der Waals surface area contributed by atoms with E-state index in [1.807, 2.05) is 6.92 Å². The summed E-state index contributed by atoms with van der Waals surface area (Å²) < 4.78 is 1.01. The van der Waals surface area contributed by atoms with Crippen molar-refractivity contribution < 1.29 is 9.59 Å². The summed E-state index contributed by atoms with van der Waals surface area (Å²) in [7, 11) is 6.71. The highest BCUT2D eigenvalue weighted by Gasteiger charge is 2.14. The Morgan fingerprint density at radius 3 is 1.56 bits per heavy atom. The Morgan fingerprint density at radius 1 is 0.704 bits per heavy atom. The average Bonchev–Trinajstić information content (AvgIpc) is 2.59. The summed E-state index contributed by atoms with van der Waals surface area (Å²) in [4.78, 5) is 0. The van der Waals surface area contributed by atoms with Gasteiger partial charge >= 0.3 is 0 Å². The summed E-state index contributed by atoms with van der Waals surface area (Å²) in [5, 5.41) is 13.6. The number of aliphatic hydroxyl groups excluding tert-OH is 1. The van der Waals surface area contributed by atoms with Gasteiger partial charge in [0, 0.05) is 19.0 Å². The monoisotopic (exact) mass is 385 g/mol. The second-order valence-electron chi connectivity index (χ2n) is 9.70. The van der Waals surface area contributed by atoms with Gasteiger partial charge < -0.3 is 14.9 Å². The van der Waals surface area contributed by atoms with Crippen LogP contribution >= 0.6 is 0 Å². The lowest BCUT2D eigenvalue weighted by Crippen LogP contribution is -2.41. The quantitative estimate of drug-likeness (QED) is 0.202. The first-order valence-corrected chi connectivity index (χ1v) is 12.1. The van der Waals surface area contributed by atoms with Gasteiger partial charge in [-0.05, 0) is 13.3 Å². The van der Waals surface area contributed by atoms with Gasteiger partial charge in [-0.3, -0.25) is 0 Å². The topological polar surface area (TPSA) is 32.3 Å². The van der Waals surface area contributed by atoms with Crippen molar-refractivity contribution in [2.75, 3.05) is 34.2 Å². The molecule has 0 saturated carbocycles. The molecule has 2 unspecified atom stereocenters. The summed E-state index contributed by atoms with van der Waals surface area (Å²) in [6.45, 7) is 6.41. The molecule has 0 rings (SSSR count). The summed E-state index contributed by atoms with van der Waals surface area (Å²) in [6.07, 6.45) is 20.2. The third-order valence-electron chi connectivity index (χ3n) is 5.61. The number of hydrogen-bond donors (Lipinski definition) is 2. The molecule has 3 nitrogen and oxygen atoms in total. The minimum Gasteiger partial charge on any atom is -0.392 e. The minimum atomic E-state index is -0.244. The van der Waals surface area contributed by atoms with Crippen LogP contribution < -0.4 is 5.32 Å². The van der Waals surface area contributed by atoms with Crippen molar-refractivity contribution in [3.05, 3.63) is 0 Å². The molecule has 0 fully saturated rings. The molecule has 0 aromatic rings. The molecule has 0 aromatic heterocycles. The standard InChI is InChI=1S/C24H53N2O/c1-6-7-8-9-10-11-12-13-14-15-16-17-18-20-24(23(2)27)25-21-19-22-26(3,4)5/h23-25,27H,6-22H2,1-5H3/q+1. The Bertz CT molecular complexity index is 299. The zero-order chi connectivity index (χ0) is 20.4. The Labute approximate surface area is 171 Å². The first kappa shape index (κ1) is 26.9. The fraction of sp³-hybridized carbons (Fsp3) is 1.00. The van der Waals surface area contributed by atoms with Crippen LogP contribution in [0.15, 0.2) is 0 Å². The van der Waals surface area contributed by atoms with Crippen molar-refractivity contribution >= 4 is 0 Å². The van der Waals surface area contributed by atoms with Crippen LogP contribution in [0.2, 0.25) is 0 Å². The van der Waals surface area contributed by atoms with Crippen molar-refractivity contribution in [1.82, 2.24) is 5.32 Å². The molecular weight excluding hydrogens is 332 g/mol. The fourth-order valence-electron chi connectivity index (χ4n) is 3.74. The molecule has 0 heterocycles. The highest BCUT2D eigenvalue weighted by atomic mass is 16.3. The number of nitrogens with one attached hydrogen (secondary N) is 1. The van der Waals surface area contributed by atoms with E-state index >= 15 is 0 Å². The molecule has 0 bridgehead atoms. The van der Waals surface area contributed by atoms with Crippen LogP contribution in [0.5, 0.6) is 0 Å². The second kappa shape index (κ2) is 17.9. The van der Waals surface area contributed by atoms with E-state index in [0.717, 1.165) is 17.4 Å². The Kier molecular flexibility index (Phi) is 17.9. The SMILES string of the molecule is CCCCCCCCCCCCCCCC(NCCC[N+](C)(C)C)C(C)O. The van der Waals surface area contributed by atoms with Gasteiger partial charge in [0.1, 0.15) is 0 Å². The molecule has 0 aliphatic carbocycles. The minimum absolute atomic E-state index is 0.244. The van der Waals surface area contributed by atoms with Crippen LogP contribution in [0.4, 0.5) is 0 Å². The smallest absolute Gasteiger partial charge is 0.0792 e. The lowest BCUT2D eigenvalue weighted by Gasteiger charge is -2.25. The van der Waals surface area contributed by atoms with Crippen LogP contribution in [-0.2, 0) is 0 Å². The van der Waals surface area contributed by atoms with E-state index < -0.39 is 0 Å². The van der Waals surface area contributed by atoms with Crippen molar-refractivity contribution in [2.45, 2.75) is 122 Å². The zero-order valence-electron chi connectivity index (χ0n) is 19.6. The molecule has 3 heteroatoms. The summed E-state index contributed by atoms with van der Waals surface area (Å²) in [5.41, 5.74) is 0. The summed E-state index contributed by atoms with van der Waals surface area (Å²) in [6, 6.07) is 0.269. The maximum Gasteiger partial charge on any atom is 0.0792 e. The van der Waals surface area contributed by atoms with Gasteiger partial charge in [-0.2, -0.15) is 0 Å². The van der Waals surface area contributed by atoms with Gasteiger partial charge in [0.05, 0.1) is 33.8 Å². The van der Waals surface area contributed by atoms with Gasteiger partial charge in [0.25, 0.3) is 0 Å². The molecule has 0 radical (unpaired) electrons. The Morgan fingerprint density at radius 2 is 1.15 bits per heavy atom. The number of nitrogens with zero attached hydrogens (tertiary/aromatic N) is 1. The Hall–Kier alpha value is -0.120. The number of hydrogen-bond acceptors (Lipinski definition) is 2. The zero-order valence-corrected chi connectivity index (χ0v) is 19.6. The first-order valence-electron chi connectivity index (χ1n) is 12.1.